The summed E-state index contributed by atoms with van der Waals surface area (Å²) in [6, 6.07) is 0. The molecule has 0 aliphatic rings. The van der Waals surface area contributed by atoms with Gasteiger partial charge < -0.3 is 14.2 Å². The Labute approximate surface area is 380 Å². The van der Waals surface area contributed by atoms with Crippen LogP contribution in [0.25, 0.3) is 0 Å². The van der Waals surface area contributed by atoms with E-state index in [1.54, 1.807) is 0 Å². The Morgan fingerprint density at radius 1 is 0.279 bits per heavy atom. The monoisotopic (exact) mass is 863 g/mol. The molecule has 0 aromatic carbocycles. The average Bonchev–Trinajstić information content (AvgIpc) is 3.22. The molecule has 0 unspecified atom stereocenters. The Balaban J connectivity index is 4.23. The molecule has 0 radical (unpaired) electrons. The molecule has 6 heteroatoms. The summed E-state index contributed by atoms with van der Waals surface area (Å²) in [6.07, 6.45) is 46.8. The van der Waals surface area contributed by atoms with Gasteiger partial charge in [-0.3, -0.25) is 14.4 Å². The lowest BCUT2D eigenvalue weighted by molar-refractivity contribution is -0.167. The molecular formula is C55H106O6. The van der Waals surface area contributed by atoms with Gasteiger partial charge in [-0.15, -0.1) is 0 Å². The fourth-order valence-corrected chi connectivity index (χ4v) is 8.29. The van der Waals surface area contributed by atoms with Gasteiger partial charge in [-0.05, 0) is 37.0 Å². The molecule has 0 saturated carbocycles. The van der Waals surface area contributed by atoms with E-state index in [0.717, 1.165) is 75.5 Å². The van der Waals surface area contributed by atoms with Gasteiger partial charge in [0.05, 0.1) is 0 Å². The summed E-state index contributed by atoms with van der Waals surface area (Å²) in [5.41, 5.74) is 0. The van der Waals surface area contributed by atoms with E-state index in [1.165, 1.54) is 180 Å². The van der Waals surface area contributed by atoms with Crippen LogP contribution in [0.5, 0.6) is 0 Å². The molecule has 0 saturated heterocycles. The predicted octanol–water partition coefficient (Wildman–Crippen LogP) is 17.6. The van der Waals surface area contributed by atoms with Gasteiger partial charge in [-0.2, -0.15) is 0 Å². The first kappa shape index (κ1) is 59.4. The summed E-state index contributed by atoms with van der Waals surface area (Å²) in [4.78, 5) is 38.0. The van der Waals surface area contributed by atoms with Crippen LogP contribution in [0.1, 0.15) is 298 Å². The van der Waals surface area contributed by atoms with Crippen molar-refractivity contribution in [1.29, 1.82) is 0 Å². The van der Waals surface area contributed by atoms with Crippen LogP contribution in [-0.2, 0) is 28.6 Å². The van der Waals surface area contributed by atoms with Crippen LogP contribution in [0, 0.1) is 17.8 Å². The molecule has 0 spiro atoms. The number of ether oxygens (including phenoxy) is 3. The third-order valence-corrected chi connectivity index (χ3v) is 12.4. The summed E-state index contributed by atoms with van der Waals surface area (Å²) in [5.74, 6) is 1.60. The van der Waals surface area contributed by atoms with E-state index in [4.69, 9.17) is 14.2 Å². The molecule has 0 aliphatic heterocycles. The van der Waals surface area contributed by atoms with E-state index < -0.39 is 6.10 Å². The number of carbonyl (C=O) groups is 3. The minimum absolute atomic E-state index is 0.0649. The zero-order valence-corrected chi connectivity index (χ0v) is 42.0. The van der Waals surface area contributed by atoms with Gasteiger partial charge in [-0.1, -0.05) is 260 Å². The topological polar surface area (TPSA) is 78.9 Å². The van der Waals surface area contributed by atoms with E-state index in [0.29, 0.717) is 19.3 Å². The van der Waals surface area contributed by atoms with Gasteiger partial charge in [0.1, 0.15) is 13.2 Å². The lowest BCUT2D eigenvalue weighted by Crippen LogP contribution is -2.30. The van der Waals surface area contributed by atoms with Crippen LogP contribution in [0.4, 0.5) is 0 Å². The minimum atomic E-state index is -0.763. The van der Waals surface area contributed by atoms with Crippen LogP contribution >= 0.6 is 0 Å². The van der Waals surface area contributed by atoms with Crippen molar-refractivity contribution in [1.82, 2.24) is 0 Å². The third-order valence-electron chi connectivity index (χ3n) is 12.4. The van der Waals surface area contributed by atoms with Crippen molar-refractivity contribution >= 4 is 17.9 Å². The van der Waals surface area contributed by atoms with Crippen molar-refractivity contribution in [2.45, 2.75) is 304 Å². The molecule has 0 heterocycles. The molecule has 0 rings (SSSR count). The molecule has 6 nitrogen and oxygen atoms in total. The molecule has 362 valence electrons. The number of rotatable bonds is 48. The second kappa shape index (κ2) is 46.4. The molecule has 0 bridgehead atoms. The van der Waals surface area contributed by atoms with Crippen molar-refractivity contribution in [3.63, 3.8) is 0 Å². The van der Waals surface area contributed by atoms with E-state index in [1.807, 2.05) is 0 Å². The van der Waals surface area contributed by atoms with Crippen molar-refractivity contribution in [2.75, 3.05) is 13.2 Å². The SMILES string of the molecule is CC(C)CCCCCCCCCCCCCCCCCCC(=O)OC[C@H](COC(=O)CCCCCCCCCCCCCC(C)C)OC(=O)CCCCCCCCCC(C)C. The van der Waals surface area contributed by atoms with E-state index in [-0.39, 0.29) is 31.1 Å². The number of esters is 3. The quantitative estimate of drug-likeness (QED) is 0.0344. The Morgan fingerprint density at radius 2 is 0.475 bits per heavy atom. The highest BCUT2D eigenvalue weighted by molar-refractivity contribution is 5.71. The maximum Gasteiger partial charge on any atom is 0.306 e. The highest BCUT2D eigenvalue weighted by Crippen LogP contribution is 2.18. The first-order valence-electron chi connectivity index (χ1n) is 27.1. The van der Waals surface area contributed by atoms with Crippen LogP contribution in [0.3, 0.4) is 0 Å². The van der Waals surface area contributed by atoms with Gasteiger partial charge in [0, 0.05) is 19.3 Å². The summed E-state index contributed by atoms with van der Waals surface area (Å²) in [7, 11) is 0. The first-order valence-corrected chi connectivity index (χ1v) is 27.1. The fraction of sp³-hybridized carbons (Fsp3) is 0.945. The van der Waals surface area contributed by atoms with E-state index in [2.05, 4.69) is 41.5 Å². The van der Waals surface area contributed by atoms with Gasteiger partial charge in [0.2, 0.25) is 0 Å². The molecule has 0 aliphatic carbocycles. The van der Waals surface area contributed by atoms with Gasteiger partial charge in [0.15, 0.2) is 6.10 Å². The third kappa shape index (κ3) is 49.3. The molecule has 0 aromatic rings. The molecule has 61 heavy (non-hydrogen) atoms. The van der Waals surface area contributed by atoms with Gasteiger partial charge in [0.25, 0.3) is 0 Å². The van der Waals surface area contributed by atoms with E-state index >= 15 is 0 Å². The zero-order valence-electron chi connectivity index (χ0n) is 42.0. The summed E-state index contributed by atoms with van der Waals surface area (Å²) in [5, 5.41) is 0. The maximum atomic E-state index is 12.8. The molecule has 0 aromatic heterocycles. The fourth-order valence-electron chi connectivity index (χ4n) is 8.29. The van der Waals surface area contributed by atoms with Crippen molar-refractivity contribution in [2.24, 2.45) is 17.8 Å². The Kier molecular flexibility index (Phi) is 45.2. The lowest BCUT2D eigenvalue weighted by Gasteiger charge is -2.18. The highest BCUT2D eigenvalue weighted by Gasteiger charge is 2.19. The summed E-state index contributed by atoms with van der Waals surface area (Å²) >= 11 is 0. The standard InChI is InChI=1S/C55H106O6/c1-49(2)41-35-29-23-18-14-11-9-7-8-10-12-16-20-26-32-38-44-53(56)59-47-52(61-55(58)46-40-34-28-22-25-31-37-43-51(5)6)48-60-54(57)45-39-33-27-21-17-13-15-19-24-30-36-42-50(3)4/h49-52H,7-48H2,1-6H3/t52-/m1/s1. The van der Waals surface area contributed by atoms with Crippen molar-refractivity contribution in [3.8, 4) is 0 Å². The van der Waals surface area contributed by atoms with Crippen molar-refractivity contribution < 1.29 is 28.6 Å². The maximum absolute atomic E-state index is 12.8. The Hall–Kier alpha value is -1.59. The number of unbranched alkanes of at least 4 members (excludes halogenated alkanes) is 31. The van der Waals surface area contributed by atoms with Gasteiger partial charge >= 0.3 is 17.9 Å². The first-order chi connectivity index (χ1) is 29.6. The molecular weight excluding hydrogens is 757 g/mol. The molecule has 1 atom stereocenters. The normalized spacial score (nSPS) is 12.1. The molecule has 0 fully saturated rings. The largest absolute Gasteiger partial charge is 0.462 e. The number of hydrogen-bond donors (Lipinski definition) is 0. The smallest absolute Gasteiger partial charge is 0.306 e. The minimum Gasteiger partial charge on any atom is -0.462 e. The number of hydrogen-bond acceptors (Lipinski definition) is 6. The van der Waals surface area contributed by atoms with E-state index in [9.17, 15) is 14.4 Å². The predicted molar refractivity (Wildman–Crippen MR) is 261 cm³/mol. The summed E-state index contributed by atoms with van der Waals surface area (Å²) < 4.78 is 16.8. The lowest BCUT2D eigenvalue weighted by atomic mass is 10.0. The van der Waals surface area contributed by atoms with Crippen LogP contribution in [-0.4, -0.2) is 37.2 Å². The van der Waals surface area contributed by atoms with Crippen LogP contribution in [0.2, 0.25) is 0 Å². The Morgan fingerprint density at radius 3 is 0.705 bits per heavy atom. The second-order valence-corrected chi connectivity index (χ2v) is 20.3. The van der Waals surface area contributed by atoms with Crippen molar-refractivity contribution in [3.05, 3.63) is 0 Å². The molecule has 0 amide bonds. The van der Waals surface area contributed by atoms with Gasteiger partial charge in [-0.25, -0.2) is 0 Å². The van der Waals surface area contributed by atoms with Crippen LogP contribution < -0.4 is 0 Å². The Bertz CT molecular complexity index is 945. The summed E-state index contributed by atoms with van der Waals surface area (Å²) in [6.45, 7) is 13.7. The van der Waals surface area contributed by atoms with Crippen LogP contribution in [0.15, 0.2) is 0 Å². The highest BCUT2D eigenvalue weighted by atomic mass is 16.6. The number of carbonyl (C=O) groups excluding carboxylic acids is 3. The molecule has 0 N–H and O–H groups in total. The second-order valence-electron chi connectivity index (χ2n) is 20.3. The average molecular weight is 863 g/mol. The zero-order chi connectivity index (χ0) is 44.9.